The van der Waals surface area contributed by atoms with Gasteiger partial charge in [-0.15, -0.1) is 0 Å². The van der Waals surface area contributed by atoms with Crippen molar-refractivity contribution in [3.8, 4) is 5.75 Å². The summed E-state index contributed by atoms with van der Waals surface area (Å²) in [6.45, 7) is 5.28. The van der Waals surface area contributed by atoms with E-state index >= 15 is 0 Å². The predicted molar refractivity (Wildman–Crippen MR) is 157 cm³/mol. The molecule has 0 bridgehead atoms. The minimum atomic E-state index is -0.719. The molecule has 1 N–H and O–H groups in total. The van der Waals surface area contributed by atoms with Gasteiger partial charge in [0.05, 0.1) is 22.6 Å². The Hall–Kier alpha value is -3.87. The number of rotatable bonds is 8. The first-order valence-electron chi connectivity index (χ1n) is 14.7. The summed E-state index contributed by atoms with van der Waals surface area (Å²) in [5, 5.41) is 10.1. The van der Waals surface area contributed by atoms with Gasteiger partial charge in [-0.05, 0) is 80.5 Å². The third-order valence-electron chi connectivity index (χ3n) is 8.52. The quantitative estimate of drug-likeness (QED) is 0.268. The fourth-order valence-electron chi connectivity index (χ4n) is 6.28. The molecule has 4 aromatic rings. The molecule has 208 valence electrons. The molecule has 2 fully saturated rings. The Morgan fingerprint density at radius 1 is 0.975 bits per heavy atom. The van der Waals surface area contributed by atoms with Crippen LogP contribution in [0.3, 0.4) is 0 Å². The highest BCUT2D eigenvalue weighted by molar-refractivity contribution is 5.79. The van der Waals surface area contributed by atoms with Crippen molar-refractivity contribution in [1.82, 2.24) is 14.5 Å². The first-order chi connectivity index (χ1) is 19.5. The summed E-state index contributed by atoms with van der Waals surface area (Å²) >= 11 is 0. The fraction of sp³-hybridized carbons (Fsp3) is 0.424. The van der Waals surface area contributed by atoms with Crippen LogP contribution in [0.5, 0.6) is 5.75 Å². The molecule has 3 heterocycles. The number of benzene rings is 2. The number of hydrogen-bond donors (Lipinski definition) is 1. The van der Waals surface area contributed by atoms with Gasteiger partial charge in [-0.1, -0.05) is 31.0 Å². The first-order valence-corrected chi connectivity index (χ1v) is 14.7. The zero-order valence-corrected chi connectivity index (χ0v) is 23.3. The Labute approximate surface area is 235 Å². The molecule has 0 radical (unpaired) electrons. The summed E-state index contributed by atoms with van der Waals surface area (Å²) in [6.07, 6.45) is 9.20. The van der Waals surface area contributed by atoms with Crippen molar-refractivity contribution in [3.63, 3.8) is 0 Å². The summed E-state index contributed by atoms with van der Waals surface area (Å²) in [6, 6.07) is 18.9. The molecule has 0 amide bonds. The molecule has 1 aliphatic heterocycles. The van der Waals surface area contributed by atoms with Gasteiger partial charge < -0.3 is 19.3 Å². The Balaban J connectivity index is 1.33. The Morgan fingerprint density at radius 2 is 1.77 bits per heavy atom. The zero-order chi connectivity index (χ0) is 27.5. The number of aryl methyl sites for hydroxylation is 1. The van der Waals surface area contributed by atoms with E-state index in [0.29, 0.717) is 19.6 Å². The Bertz CT molecular complexity index is 1460. The third-order valence-corrected chi connectivity index (χ3v) is 8.52. The van der Waals surface area contributed by atoms with Crippen LogP contribution in [-0.4, -0.2) is 38.7 Å². The number of nitrogens with zero attached hydrogens (tertiary/aromatic N) is 4. The molecule has 1 unspecified atom stereocenters. The fourth-order valence-corrected chi connectivity index (χ4v) is 6.28. The van der Waals surface area contributed by atoms with Gasteiger partial charge >= 0.3 is 5.97 Å². The van der Waals surface area contributed by atoms with Crippen molar-refractivity contribution in [2.24, 2.45) is 5.92 Å². The minimum Gasteiger partial charge on any atom is -0.487 e. The maximum absolute atomic E-state index is 12.2. The number of aromatic nitrogens is 3. The van der Waals surface area contributed by atoms with Gasteiger partial charge in [0.25, 0.3) is 0 Å². The molecule has 1 saturated heterocycles. The van der Waals surface area contributed by atoms with Gasteiger partial charge in [0.15, 0.2) is 0 Å². The topological polar surface area (TPSA) is 80.5 Å². The lowest BCUT2D eigenvalue weighted by Crippen LogP contribution is -2.29. The maximum atomic E-state index is 12.2. The van der Waals surface area contributed by atoms with Crippen molar-refractivity contribution in [1.29, 1.82) is 0 Å². The van der Waals surface area contributed by atoms with Crippen LogP contribution in [0.1, 0.15) is 73.5 Å². The lowest BCUT2D eigenvalue weighted by molar-refractivity contribution is -0.143. The van der Waals surface area contributed by atoms with E-state index in [2.05, 4.69) is 38.7 Å². The van der Waals surface area contributed by atoms with Crippen molar-refractivity contribution in [2.75, 3.05) is 18.0 Å². The van der Waals surface area contributed by atoms with Gasteiger partial charge in [-0.3, -0.25) is 9.78 Å². The zero-order valence-electron chi connectivity index (χ0n) is 23.3. The highest BCUT2D eigenvalue weighted by Gasteiger charge is 2.35. The van der Waals surface area contributed by atoms with Crippen molar-refractivity contribution >= 4 is 22.7 Å². The summed E-state index contributed by atoms with van der Waals surface area (Å²) in [4.78, 5) is 24.2. The maximum Gasteiger partial charge on any atom is 0.307 e. The molecule has 1 saturated carbocycles. The SMILES string of the molecule is Cc1ccc(COc2ccc3nc(C4CCCC[C@@H]4C(=O)O)n(Cc4ccc(N5CCCCC5)cc4)c3c2)nc1. The van der Waals surface area contributed by atoms with Crippen LogP contribution >= 0.6 is 0 Å². The Kier molecular flexibility index (Phi) is 7.71. The number of ether oxygens (including phenoxy) is 1. The smallest absolute Gasteiger partial charge is 0.307 e. The number of carboxylic acid groups (broad SMARTS) is 1. The van der Waals surface area contributed by atoms with Crippen molar-refractivity contribution < 1.29 is 14.6 Å². The number of imidazole rings is 1. The highest BCUT2D eigenvalue weighted by Crippen LogP contribution is 2.39. The molecule has 40 heavy (non-hydrogen) atoms. The second kappa shape index (κ2) is 11.7. The van der Waals surface area contributed by atoms with Crippen LogP contribution in [0.4, 0.5) is 5.69 Å². The van der Waals surface area contributed by atoms with Gasteiger partial charge in [0, 0.05) is 43.5 Å². The van der Waals surface area contributed by atoms with Gasteiger partial charge in [-0.25, -0.2) is 4.98 Å². The molecular formula is C33H38N4O3. The summed E-state index contributed by atoms with van der Waals surface area (Å²) in [7, 11) is 0. The number of pyridine rings is 1. The number of fused-ring (bicyclic) bond motifs is 1. The molecule has 7 heteroatoms. The number of carboxylic acids is 1. The molecule has 6 rings (SSSR count). The number of piperidine rings is 1. The summed E-state index contributed by atoms with van der Waals surface area (Å²) < 4.78 is 8.37. The lowest BCUT2D eigenvalue weighted by Gasteiger charge is -2.29. The molecule has 0 spiro atoms. The molecule has 2 aromatic carbocycles. The number of carbonyl (C=O) groups is 1. The van der Waals surface area contributed by atoms with E-state index in [9.17, 15) is 9.90 Å². The molecule has 2 atom stereocenters. The van der Waals surface area contributed by atoms with Crippen LogP contribution in [0.15, 0.2) is 60.8 Å². The molecule has 2 aromatic heterocycles. The van der Waals surface area contributed by atoms with Gasteiger partial charge in [-0.2, -0.15) is 0 Å². The van der Waals surface area contributed by atoms with E-state index in [0.717, 1.165) is 66.2 Å². The second-order valence-electron chi connectivity index (χ2n) is 11.4. The van der Waals surface area contributed by atoms with Crippen LogP contribution in [0, 0.1) is 12.8 Å². The lowest BCUT2D eigenvalue weighted by atomic mass is 9.78. The highest BCUT2D eigenvalue weighted by atomic mass is 16.5. The van der Waals surface area contributed by atoms with E-state index in [-0.39, 0.29) is 5.92 Å². The summed E-state index contributed by atoms with van der Waals surface area (Å²) in [5.74, 6) is 0.395. The van der Waals surface area contributed by atoms with E-state index in [1.165, 1.54) is 30.5 Å². The number of aliphatic carboxylic acids is 1. The van der Waals surface area contributed by atoms with Crippen LogP contribution in [0.25, 0.3) is 11.0 Å². The van der Waals surface area contributed by atoms with Gasteiger partial charge in [0.2, 0.25) is 0 Å². The van der Waals surface area contributed by atoms with E-state index in [1.807, 2.05) is 43.5 Å². The first kappa shape index (κ1) is 26.4. The van der Waals surface area contributed by atoms with E-state index < -0.39 is 11.9 Å². The Morgan fingerprint density at radius 3 is 2.52 bits per heavy atom. The number of hydrogen-bond acceptors (Lipinski definition) is 5. The van der Waals surface area contributed by atoms with Gasteiger partial charge in [0.1, 0.15) is 18.2 Å². The molecule has 7 nitrogen and oxygen atoms in total. The minimum absolute atomic E-state index is 0.104. The monoisotopic (exact) mass is 538 g/mol. The summed E-state index contributed by atoms with van der Waals surface area (Å²) in [5.41, 5.74) is 6.29. The molecule has 1 aliphatic carbocycles. The van der Waals surface area contributed by atoms with Crippen molar-refractivity contribution in [3.05, 3.63) is 83.4 Å². The molecular weight excluding hydrogens is 500 g/mol. The third kappa shape index (κ3) is 5.69. The average molecular weight is 539 g/mol. The normalized spacial score (nSPS) is 19.6. The predicted octanol–water partition coefficient (Wildman–Crippen LogP) is 6.72. The second-order valence-corrected chi connectivity index (χ2v) is 11.4. The average Bonchev–Trinajstić information content (AvgIpc) is 3.35. The van der Waals surface area contributed by atoms with Crippen LogP contribution in [0.2, 0.25) is 0 Å². The standard InChI is InChI=1S/C33H38N4O3/c1-23-9-12-25(34-20-23)22-40-27-15-16-30-31(19-27)37(32(35-30)28-7-3-4-8-29(28)33(38)39)21-24-10-13-26(14-11-24)36-17-5-2-6-18-36/h9-16,19-20,28-29H,2-8,17-18,21-22H2,1H3,(H,38,39)/t28?,29-/m0/s1. The van der Waals surface area contributed by atoms with Crippen LogP contribution in [-0.2, 0) is 17.9 Å². The number of anilines is 1. The van der Waals surface area contributed by atoms with E-state index in [1.54, 1.807) is 0 Å². The van der Waals surface area contributed by atoms with Crippen LogP contribution < -0.4 is 9.64 Å². The molecule has 2 aliphatic rings. The largest absolute Gasteiger partial charge is 0.487 e. The van der Waals surface area contributed by atoms with Crippen molar-refractivity contribution in [2.45, 2.75) is 70.9 Å². The van der Waals surface area contributed by atoms with E-state index in [4.69, 9.17) is 9.72 Å².